The quantitative estimate of drug-likeness (QED) is 0.120. The van der Waals surface area contributed by atoms with Crippen molar-refractivity contribution < 1.29 is 0 Å². The highest BCUT2D eigenvalue weighted by Gasteiger charge is 2.30. The summed E-state index contributed by atoms with van der Waals surface area (Å²) in [5, 5.41) is 51.2. The molecule has 0 saturated carbocycles. The van der Waals surface area contributed by atoms with Crippen LogP contribution >= 0.6 is 15.9 Å². The molecule has 0 atom stereocenters. The predicted octanol–water partition coefficient (Wildman–Crippen LogP) is 11.1. The Kier molecular flexibility index (Phi) is 15.3. The molecule has 10 heteroatoms. The van der Waals surface area contributed by atoms with Crippen molar-refractivity contribution in [1.82, 2.24) is 14.8 Å². The number of hydrogen-bond donors (Lipinski definition) is 0. The number of aryl methyl sites for hydroxylation is 1. The van der Waals surface area contributed by atoms with Crippen molar-refractivity contribution in [2.45, 2.75) is 134 Å². The lowest BCUT2D eigenvalue weighted by Crippen LogP contribution is -2.20. The summed E-state index contributed by atoms with van der Waals surface area (Å²) in [6.45, 7) is 32.5. The maximum atomic E-state index is 9.40. The molecular formula is C47H54BrN9. The molecule has 3 aromatic carbocycles. The molecule has 0 unspecified atom stereocenters. The van der Waals surface area contributed by atoms with Crippen LogP contribution in [0.3, 0.4) is 0 Å². The van der Waals surface area contributed by atoms with Gasteiger partial charge in [0.05, 0.1) is 64.0 Å². The molecule has 0 N–H and O–H groups in total. The molecule has 0 bridgehead atoms. The first-order valence-electron chi connectivity index (χ1n) is 18.5. The summed E-state index contributed by atoms with van der Waals surface area (Å²) < 4.78 is 1.72. The van der Waals surface area contributed by atoms with Gasteiger partial charge in [0.15, 0.2) is 0 Å². The van der Waals surface area contributed by atoms with E-state index in [9.17, 15) is 26.3 Å². The van der Waals surface area contributed by atoms with E-state index in [2.05, 4.69) is 61.2 Å². The van der Waals surface area contributed by atoms with Gasteiger partial charge >= 0.3 is 0 Å². The zero-order valence-corrected chi connectivity index (χ0v) is 37.3. The average molecular weight is 825 g/mol. The first kappa shape index (κ1) is 47.4. The van der Waals surface area contributed by atoms with E-state index in [1.807, 2.05) is 145 Å². The van der Waals surface area contributed by atoms with Gasteiger partial charge in [-0.1, -0.05) is 64.0 Å². The highest BCUT2D eigenvalue weighted by molar-refractivity contribution is 9.08. The summed E-state index contributed by atoms with van der Waals surface area (Å²) in [6, 6.07) is 29.6. The summed E-state index contributed by atoms with van der Waals surface area (Å²) in [5.74, 6) is 0. The van der Waals surface area contributed by atoms with Crippen molar-refractivity contribution in [1.29, 1.82) is 26.3 Å². The largest absolute Gasteiger partial charge is 0.306 e. The van der Waals surface area contributed by atoms with Crippen molar-refractivity contribution in [3.05, 3.63) is 129 Å². The van der Waals surface area contributed by atoms with E-state index in [-0.39, 0.29) is 0 Å². The Morgan fingerprint density at radius 2 is 0.895 bits per heavy atom. The lowest BCUT2D eigenvalue weighted by Gasteiger charge is -2.23. The van der Waals surface area contributed by atoms with Crippen LogP contribution in [0.4, 0.5) is 0 Å². The minimum atomic E-state index is -0.612. The Morgan fingerprint density at radius 3 is 1.21 bits per heavy atom. The van der Waals surface area contributed by atoms with E-state index in [1.165, 1.54) is 6.33 Å². The molecule has 0 fully saturated rings. The minimum absolute atomic E-state index is 0.522. The number of nitrogens with zero attached hydrogens (tertiary/aromatic N) is 9. The predicted molar refractivity (Wildman–Crippen MR) is 229 cm³/mol. The van der Waals surface area contributed by atoms with Crippen LogP contribution in [0.15, 0.2) is 67.3 Å². The third-order valence-electron chi connectivity index (χ3n) is 10.0. The van der Waals surface area contributed by atoms with Crippen LogP contribution in [0.5, 0.6) is 0 Å². The lowest BCUT2D eigenvalue weighted by molar-refractivity contribution is 0.646. The number of benzene rings is 3. The van der Waals surface area contributed by atoms with Crippen molar-refractivity contribution in [3.8, 4) is 30.3 Å². The zero-order chi connectivity index (χ0) is 43.6. The maximum absolute atomic E-state index is 9.40. The minimum Gasteiger partial charge on any atom is -0.306 e. The molecule has 294 valence electrons. The second kappa shape index (κ2) is 18.4. The second-order valence-electron chi connectivity index (χ2n) is 17.5. The number of alkyl halides is 1. The first-order chi connectivity index (χ1) is 26.3. The van der Waals surface area contributed by atoms with Crippen LogP contribution in [0.1, 0.15) is 133 Å². The van der Waals surface area contributed by atoms with Crippen molar-refractivity contribution >= 4 is 15.9 Å². The van der Waals surface area contributed by atoms with Gasteiger partial charge in [0.2, 0.25) is 0 Å². The molecule has 57 heavy (non-hydrogen) atoms. The van der Waals surface area contributed by atoms with E-state index >= 15 is 0 Å². The molecule has 4 aromatic rings. The van der Waals surface area contributed by atoms with Gasteiger partial charge in [0.1, 0.15) is 12.7 Å². The van der Waals surface area contributed by atoms with Gasteiger partial charge in [-0.2, -0.15) is 31.4 Å². The number of hydrogen-bond acceptors (Lipinski definition) is 7. The third-order valence-corrected chi connectivity index (χ3v) is 10.7. The number of nitriles is 5. The summed E-state index contributed by atoms with van der Waals surface area (Å²) in [6.07, 6.45) is 3.14. The van der Waals surface area contributed by atoms with Crippen LogP contribution in [-0.4, -0.2) is 14.8 Å². The van der Waals surface area contributed by atoms with E-state index in [1.54, 1.807) is 11.0 Å². The molecule has 1 heterocycles. The molecule has 4 rings (SSSR count). The summed E-state index contributed by atoms with van der Waals surface area (Å²) in [4.78, 5) is 7.61. The Balaban J connectivity index is 0.000000298. The van der Waals surface area contributed by atoms with Gasteiger partial charge in [-0.3, -0.25) is 0 Å². The highest BCUT2D eigenvalue weighted by atomic mass is 79.9. The second-order valence-corrected chi connectivity index (χ2v) is 18.1. The van der Waals surface area contributed by atoms with Crippen LogP contribution in [0.2, 0.25) is 0 Å². The Hall–Kier alpha value is -5.78. The van der Waals surface area contributed by atoms with E-state index in [4.69, 9.17) is 6.57 Å². The highest BCUT2D eigenvalue weighted by Crippen LogP contribution is 2.33. The molecule has 0 aliphatic heterocycles. The van der Waals surface area contributed by atoms with E-state index in [0.29, 0.717) is 6.54 Å². The van der Waals surface area contributed by atoms with Gasteiger partial charge < -0.3 is 4.85 Å². The van der Waals surface area contributed by atoms with Crippen LogP contribution < -0.4 is 0 Å². The lowest BCUT2D eigenvalue weighted by atomic mass is 9.79. The van der Waals surface area contributed by atoms with Crippen molar-refractivity contribution in [2.24, 2.45) is 0 Å². The molecular weight excluding hydrogens is 770 g/mol. The zero-order valence-electron chi connectivity index (χ0n) is 35.7. The Bertz CT molecular complexity index is 2170. The standard InChI is InChI=1S/C17H19N5.C15H17BrN2.C15H18N2/c1-16(2,9-18)14-5-13(8-22-12-20-11-21-22)6-15(7-14)17(3,4)10-19;1-14(2,10-17)12-6-11(9-16)7-13(8-12)15(3,4)18-5;1-11-6-12(14(2,3)9-16)8-13(7-11)15(4,5)10-17/h5-7,11-12H,8H2,1-4H3;6-8H,9H2,1-4H3;6-8H,1-5H3. The number of rotatable bonds is 9. The molecule has 0 spiro atoms. The fourth-order valence-corrected chi connectivity index (χ4v) is 5.71. The normalized spacial score (nSPS) is 11.7. The van der Waals surface area contributed by atoms with Crippen LogP contribution in [0, 0.1) is 70.2 Å². The molecule has 0 aliphatic rings. The third kappa shape index (κ3) is 12.4. The van der Waals surface area contributed by atoms with Crippen molar-refractivity contribution in [3.63, 3.8) is 0 Å². The van der Waals surface area contributed by atoms with Crippen LogP contribution in [0.25, 0.3) is 4.85 Å². The Labute approximate surface area is 349 Å². The van der Waals surface area contributed by atoms with Gasteiger partial charge in [-0.15, -0.1) is 0 Å². The van der Waals surface area contributed by atoms with Crippen molar-refractivity contribution in [2.75, 3.05) is 0 Å². The molecule has 0 radical (unpaired) electrons. The van der Waals surface area contributed by atoms with Crippen LogP contribution in [-0.2, 0) is 44.5 Å². The smallest absolute Gasteiger partial charge is 0.252 e. The topological polar surface area (TPSA) is 154 Å². The summed E-state index contributed by atoms with van der Waals surface area (Å²) in [5.41, 5.74) is 5.52. The summed E-state index contributed by atoms with van der Waals surface area (Å²) >= 11 is 3.44. The number of halogens is 1. The monoisotopic (exact) mass is 823 g/mol. The fourth-order valence-electron chi connectivity index (χ4n) is 5.38. The van der Waals surface area contributed by atoms with Gasteiger partial charge in [-0.25, -0.2) is 16.2 Å². The summed E-state index contributed by atoms with van der Waals surface area (Å²) in [7, 11) is 0. The SMILES string of the molecule is CC(C)(C#N)c1cc(Cn2cncn2)cc(C(C)(C)C#N)c1.Cc1cc(C(C)(C)C#N)cc(C(C)(C)C#N)c1.[C-]#[N+]C(C)(C)c1cc(CBr)cc(C(C)(C)C#N)c1. The van der Waals surface area contributed by atoms with E-state index < -0.39 is 32.6 Å². The molecule has 1 aromatic heterocycles. The Morgan fingerprint density at radius 1 is 0.561 bits per heavy atom. The molecule has 0 amide bonds. The number of aromatic nitrogens is 3. The van der Waals surface area contributed by atoms with E-state index in [0.717, 1.165) is 55.4 Å². The molecule has 0 saturated heterocycles. The van der Waals surface area contributed by atoms with Gasteiger partial charge in [-0.05, 0) is 127 Å². The van der Waals surface area contributed by atoms with Gasteiger partial charge in [0.25, 0.3) is 5.54 Å². The maximum Gasteiger partial charge on any atom is 0.252 e. The first-order valence-corrected chi connectivity index (χ1v) is 19.7. The fraction of sp³-hybridized carbons (Fsp3) is 0.447. The molecule has 0 aliphatic carbocycles. The van der Waals surface area contributed by atoms with Gasteiger partial charge in [0, 0.05) is 24.7 Å². The molecule has 9 nitrogen and oxygen atoms in total. The average Bonchev–Trinajstić information content (AvgIpc) is 3.70.